The molecule has 0 aliphatic rings. The number of pyridine rings is 1. The number of hydrogen-bond donors (Lipinski definition) is 1. The van der Waals surface area contributed by atoms with Crippen LogP contribution >= 0.6 is 11.8 Å². The van der Waals surface area contributed by atoms with Crippen molar-refractivity contribution in [1.29, 1.82) is 0 Å². The Hall–Kier alpha value is -2.14. The van der Waals surface area contributed by atoms with E-state index in [1.54, 1.807) is 18.6 Å². The van der Waals surface area contributed by atoms with Crippen molar-refractivity contribution in [3.8, 4) is 0 Å². The second kappa shape index (κ2) is 7.59. The van der Waals surface area contributed by atoms with Crippen LogP contribution < -0.4 is 5.43 Å². The van der Waals surface area contributed by atoms with Crippen LogP contribution in [0.15, 0.2) is 58.8 Å². The number of benzene rings is 1. The third kappa shape index (κ3) is 5.04. The van der Waals surface area contributed by atoms with Crippen LogP contribution in [0.1, 0.15) is 18.1 Å². The summed E-state index contributed by atoms with van der Waals surface area (Å²) in [4.78, 5) is 16.9. The lowest BCUT2D eigenvalue weighted by Gasteiger charge is -2.09. The van der Waals surface area contributed by atoms with Crippen molar-refractivity contribution < 1.29 is 4.79 Å². The van der Waals surface area contributed by atoms with Crippen molar-refractivity contribution in [2.75, 3.05) is 0 Å². The number of amides is 1. The average molecular weight is 299 g/mol. The number of nitrogens with zero attached hydrogens (tertiary/aromatic N) is 2. The first-order valence-corrected chi connectivity index (χ1v) is 7.49. The zero-order valence-corrected chi connectivity index (χ0v) is 12.8. The van der Waals surface area contributed by atoms with Crippen LogP contribution in [0, 0.1) is 6.92 Å². The lowest BCUT2D eigenvalue weighted by molar-refractivity contribution is -0.120. The number of carbonyl (C=O) groups excluding carboxylic acids is 1. The second-order valence-electron chi connectivity index (χ2n) is 4.59. The average Bonchev–Trinajstić information content (AvgIpc) is 2.50. The van der Waals surface area contributed by atoms with E-state index in [0.29, 0.717) is 0 Å². The van der Waals surface area contributed by atoms with E-state index in [1.165, 1.54) is 17.3 Å². The van der Waals surface area contributed by atoms with Gasteiger partial charge in [0.2, 0.25) is 0 Å². The van der Waals surface area contributed by atoms with Crippen molar-refractivity contribution in [1.82, 2.24) is 10.4 Å². The minimum Gasteiger partial charge on any atom is -0.272 e. The molecular formula is C16H17N3OS. The predicted octanol–water partition coefficient (Wildman–Crippen LogP) is 3.02. The molecule has 4 nitrogen and oxygen atoms in total. The number of thioether (sulfide) groups is 1. The zero-order chi connectivity index (χ0) is 15.1. The molecule has 108 valence electrons. The number of carbonyl (C=O) groups is 1. The van der Waals surface area contributed by atoms with Gasteiger partial charge in [-0.25, -0.2) is 5.43 Å². The highest BCUT2D eigenvalue weighted by molar-refractivity contribution is 8.00. The van der Waals surface area contributed by atoms with Gasteiger partial charge in [-0.2, -0.15) is 5.10 Å². The molecule has 0 aliphatic heterocycles. The summed E-state index contributed by atoms with van der Waals surface area (Å²) in [5, 5.41) is 3.75. The largest absolute Gasteiger partial charge is 0.272 e. The van der Waals surface area contributed by atoms with E-state index >= 15 is 0 Å². The van der Waals surface area contributed by atoms with Gasteiger partial charge in [0.25, 0.3) is 5.91 Å². The minimum atomic E-state index is -0.206. The Morgan fingerprint density at radius 1 is 1.24 bits per heavy atom. The van der Waals surface area contributed by atoms with Crippen LogP contribution in [0.3, 0.4) is 0 Å². The molecule has 0 saturated heterocycles. The molecular weight excluding hydrogens is 282 g/mol. The summed E-state index contributed by atoms with van der Waals surface area (Å²) in [6.45, 7) is 3.90. The Balaban J connectivity index is 1.85. The molecule has 0 radical (unpaired) electrons. The van der Waals surface area contributed by atoms with Gasteiger partial charge in [0.1, 0.15) is 0 Å². The quantitative estimate of drug-likeness (QED) is 0.524. The molecule has 0 unspecified atom stereocenters. The van der Waals surface area contributed by atoms with Crippen molar-refractivity contribution in [2.45, 2.75) is 24.0 Å². The van der Waals surface area contributed by atoms with Crippen LogP contribution in [0.25, 0.3) is 0 Å². The van der Waals surface area contributed by atoms with Crippen molar-refractivity contribution >= 4 is 23.9 Å². The lowest BCUT2D eigenvalue weighted by Crippen LogP contribution is -2.26. The van der Waals surface area contributed by atoms with Crippen molar-refractivity contribution in [2.24, 2.45) is 5.10 Å². The summed E-state index contributed by atoms with van der Waals surface area (Å²) in [6, 6.07) is 11.7. The molecule has 0 spiro atoms. The van der Waals surface area contributed by atoms with Crippen LogP contribution in [0.2, 0.25) is 0 Å². The first-order valence-electron chi connectivity index (χ1n) is 6.61. The number of hydrazone groups is 1. The third-order valence-corrected chi connectivity index (χ3v) is 3.91. The fraction of sp³-hybridized carbons (Fsp3) is 0.188. The van der Waals surface area contributed by atoms with Crippen LogP contribution in [-0.2, 0) is 4.79 Å². The molecule has 21 heavy (non-hydrogen) atoms. The number of aromatic nitrogens is 1. The maximum Gasteiger partial charge on any atom is 0.253 e. The molecule has 2 rings (SSSR count). The fourth-order valence-corrected chi connectivity index (χ4v) is 2.45. The van der Waals surface area contributed by atoms with E-state index in [0.717, 1.165) is 10.5 Å². The third-order valence-electron chi connectivity index (χ3n) is 2.80. The summed E-state index contributed by atoms with van der Waals surface area (Å²) < 4.78 is 0. The Labute approximate surface area is 128 Å². The summed E-state index contributed by atoms with van der Waals surface area (Å²) in [5.74, 6) is -0.120. The maximum atomic E-state index is 11.9. The van der Waals surface area contributed by atoms with Gasteiger partial charge < -0.3 is 0 Å². The number of nitrogens with one attached hydrogen (secondary N) is 1. The molecule has 1 amide bonds. The topological polar surface area (TPSA) is 54.4 Å². The van der Waals surface area contributed by atoms with Gasteiger partial charge in [0.05, 0.1) is 11.5 Å². The van der Waals surface area contributed by atoms with Crippen molar-refractivity contribution in [3.63, 3.8) is 0 Å². The minimum absolute atomic E-state index is 0.120. The lowest BCUT2D eigenvalue weighted by atomic mass is 10.2. The molecule has 1 heterocycles. The van der Waals surface area contributed by atoms with E-state index in [1.807, 2.05) is 50.2 Å². The van der Waals surface area contributed by atoms with Gasteiger partial charge in [0.15, 0.2) is 0 Å². The monoisotopic (exact) mass is 299 g/mol. The summed E-state index contributed by atoms with van der Waals surface area (Å²) in [6.07, 6.45) is 4.96. The Morgan fingerprint density at radius 3 is 2.57 bits per heavy atom. The highest BCUT2D eigenvalue weighted by Crippen LogP contribution is 2.23. The predicted molar refractivity (Wildman–Crippen MR) is 86.5 cm³/mol. The Morgan fingerprint density at radius 2 is 1.90 bits per heavy atom. The number of rotatable bonds is 5. The normalized spacial score (nSPS) is 12.3. The van der Waals surface area contributed by atoms with E-state index in [4.69, 9.17) is 0 Å². The second-order valence-corrected chi connectivity index (χ2v) is 6.00. The highest BCUT2D eigenvalue weighted by Gasteiger charge is 2.13. The maximum absolute atomic E-state index is 11.9. The molecule has 1 N–H and O–H groups in total. The van der Waals surface area contributed by atoms with E-state index in [2.05, 4.69) is 15.5 Å². The first-order chi connectivity index (χ1) is 10.1. The van der Waals surface area contributed by atoms with E-state index in [-0.39, 0.29) is 11.2 Å². The standard InChI is InChI=1S/C16H17N3OS/c1-12-3-5-15(6-4-12)21-13(2)16(20)19-18-11-14-7-9-17-10-8-14/h3-11,13H,1-2H3,(H,19,20)/b18-11-/t13-/m1/s1. The van der Waals surface area contributed by atoms with Crippen LogP contribution in [-0.4, -0.2) is 22.4 Å². The van der Waals surface area contributed by atoms with Gasteiger partial charge >= 0.3 is 0 Å². The summed E-state index contributed by atoms with van der Waals surface area (Å²) in [5.41, 5.74) is 4.65. The van der Waals surface area contributed by atoms with Gasteiger partial charge in [-0.1, -0.05) is 17.7 Å². The molecule has 0 bridgehead atoms. The molecule has 1 aromatic heterocycles. The molecule has 1 aromatic carbocycles. The molecule has 5 heteroatoms. The molecule has 2 aromatic rings. The first kappa shape index (κ1) is 15.3. The SMILES string of the molecule is Cc1ccc(S[C@H](C)C(=O)N/N=C\c2ccncc2)cc1. The van der Waals surface area contributed by atoms with Gasteiger partial charge in [0, 0.05) is 17.3 Å². The number of hydrogen-bond acceptors (Lipinski definition) is 4. The zero-order valence-electron chi connectivity index (χ0n) is 12.0. The molecule has 0 saturated carbocycles. The van der Waals surface area contributed by atoms with Gasteiger partial charge in [-0.15, -0.1) is 11.8 Å². The molecule has 0 aliphatic carbocycles. The van der Waals surface area contributed by atoms with Crippen molar-refractivity contribution in [3.05, 3.63) is 59.9 Å². The highest BCUT2D eigenvalue weighted by atomic mass is 32.2. The smallest absolute Gasteiger partial charge is 0.253 e. The Kier molecular flexibility index (Phi) is 5.51. The molecule has 0 fully saturated rings. The van der Waals surface area contributed by atoms with Crippen LogP contribution in [0.4, 0.5) is 0 Å². The molecule has 1 atom stereocenters. The number of aryl methyl sites for hydroxylation is 1. The van der Waals surface area contributed by atoms with E-state index in [9.17, 15) is 4.79 Å². The summed E-state index contributed by atoms with van der Waals surface area (Å²) >= 11 is 1.51. The Bertz CT molecular complexity index is 611. The van der Waals surface area contributed by atoms with Gasteiger partial charge in [-0.05, 0) is 43.7 Å². The fourth-order valence-electron chi connectivity index (χ4n) is 1.59. The summed E-state index contributed by atoms with van der Waals surface area (Å²) in [7, 11) is 0. The van der Waals surface area contributed by atoms with Gasteiger partial charge in [-0.3, -0.25) is 9.78 Å². The van der Waals surface area contributed by atoms with E-state index < -0.39 is 0 Å². The van der Waals surface area contributed by atoms with Crippen LogP contribution in [0.5, 0.6) is 0 Å².